The lowest BCUT2D eigenvalue weighted by Crippen LogP contribution is -2.41. The average Bonchev–Trinajstić information content (AvgIpc) is 3.06. The van der Waals surface area contributed by atoms with Crippen LogP contribution in [0.4, 0.5) is 0 Å². The minimum absolute atomic E-state index is 0.156. The molecule has 0 spiro atoms. The maximum atomic E-state index is 13.0. The Morgan fingerprint density at radius 2 is 1.65 bits per heavy atom. The fourth-order valence-corrected chi connectivity index (χ4v) is 3.37. The number of likely N-dealkylation sites (tertiary alicyclic amines) is 1. The lowest BCUT2D eigenvalue weighted by atomic mass is 9.89. The molecule has 1 heterocycles. The van der Waals surface area contributed by atoms with Crippen molar-refractivity contribution in [2.24, 2.45) is 0 Å². The maximum absolute atomic E-state index is 13.0. The van der Waals surface area contributed by atoms with Gasteiger partial charge in [-0.3, -0.25) is 14.4 Å². The fraction of sp³-hybridized carbons (Fsp3) is 0.389. The van der Waals surface area contributed by atoms with Crippen LogP contribution in [-0.4, -0.2) is 46.9 Å². The maximum Gasteiger partial charge on any atom is 0.224 e. The molecule has 5 heteroatoms. The van der Waals surface area contributed by atoms with Crippen LogP contribution in [0.25, 0.3) is 0 Å². The van der Waals surface area contributed by atoms with Crippen molar-refractivity contribution in [2.45, 2.75) is 26.7 Å². The number of allylic oxidation sites excluding steroid dienone is 2. The van der Waals surface area contributed by atoms with Crippen molar-refractivity contribution in [1.29, 1.82) is 0 Å². The minimum Gasteiger partial charge on any atom is -0.367 e. The van der Waals surface area contributed by atoms with Crippen LogP contribution in [0.1, 0.15) is 47.4 Å². The minimum atomic E-state index is -0.237. The number of likely N-dealkylation sites (N-methyl/N-ethyl adjacent to an activating group) is 1. The highest BCUT2D eigenvalue weighted by Crippen LogP contribution is 2.32. The zero-order valence-electron chi connectivity index (χ0n) is 13.5. The fourth-order valence-electron chi connectivity index (χ4n) is 3.37. The van der Waals surface area contributed by atoms with Crippen molar-refractivity contribution >= 4 is 17.5 Å². The Hall–Kier alpha value is -2.43. The Labute approximate surface area is 135 Å². The Balaban J connectivity index is 2.22. The van der Waals surface area contributed by atoms with E-state index in [0.29, 0.717) is 23.4 Å². The molecular formula is C18H20N2O3. The molecule has 0 unspecified atom stereocenters. The van der Waals surface area contributed by atoms with Gasteiger partial charge in [0.2, 0.25) is 17.5 Å². The molecular weight excluding hydrogens is 292 g/mol. The summed E-state index contributed by atoms with van der Waals surface area (Å²) in [5, 5.41) is 0. The summed E-state index contributed by atoms with van der Waals surface area (Å²) in [6.45, 7) is 5.10. The van der Waals surface area contributed by atoms with E-state index in [-0.39, 0.29) is 23.2 Å². The van der Waals surface area contributed by atoms with Crippen LogP contribution in [0, 0.1) is 0 Å². The molecule has 0 N–H and O–H groups in total. The molecule has 1 amide bonds. The van der Waals surface area contributed by atoms with E-state index in [1.807, 2.05) is 11.8 Å². The van der Waals surface area contributed by atoms with Gasteiger partial charge in [-0.25, -0.2) is 0 Å². The van der Waals surface area contributed by atoms with Crippen LogP contribution in [0.15, 0.2) is 35.7 Å². The summed E-state index contributed by atoms with van der Waals surface area (Å²) in [4.78, 5) is 41.4. The van der Waals surface area contributed by atoms with Crippen LogP contribution in [0.5, 0.6) is 0 Å². The summed E-state index contributed by atoms with van der Waals surface area (Å²) in [7, 11) is 0. The number of carbonyl (C=O) groups excluding carboxylic acids is 3. The third-order valence-corrected chi connectivity index (χ3v) is 4.46. The molecule has 1 aromatic rings. The van der Waals surface area contributed by atoms with Crippen molar-refractivity contribution in [2.75, 3.05) is 19.6 Å². The first kappa shape index (κ1) is 15.5. The van der Waals surface area contributed by atoms with Crippen LogP contribution in [-0.2, 0) is 4.79 Å². The smallest absolute Gasteiger partial charge is 0.224 e. The zero-order valence-corrected chi connectivity index (χ0v) is 13.5. The van der Waals surface area contributed by atoms with Gasteiger partial charge >= 0.3 is 0 Å². The van der Waals surface area contributed by atoms with Crippen LogP contribution in [0.3, 0.4) is 0 Å². The zero-order chi connectivity index (χ0) is 16.6. The highest BCUT2D eigenvalue weighted by atomic mass is 16.2. The molecule has 3 rings (SSSR count). The Morgan fingerprint density at radius 1 is 1.09 bits per heavy atom. The van der Waals surface area contributed by atoms with E-state index in [1.54, 1.807) is 24.3 Å². The molecule has 0 atom stereocenters. The van der Waals surface area contributed by atoms with E-state index in [4.69, 9.17) is 0 Å². The van der Waals surface area contributed by atoms with Gasteiger partial charge in [0.15, 0.2) is 0 Å². The highest BCUT2D eigenvalue weighted by Gasteiger charge is 2.38. The highest BCUT2D eigenvalue weighted by molar-refractivity contribution is 6.27. The molecule has 2 aliphatic rings. The molecule has 0 aromatic heterocycles. The number of rotatable bonds is 3. The lowest BCUT2D eigenvalue weighted by Gasteiger charge is -2.32. The third-order valence-electron chi connectivity index (χ3n) is 4.46. The number of hydrogen-bond acceptors (Lipinski definition) is 4. The number of hydrogen-bond donors (Lipinski definition) is 0. The van der Waals surface area contributed by atoms with Gasteiger partial charge in [0.05, 0.1) is 0 Å². The molecule has 0 saturated carbocycles. The van der Waals surface area contributed by atoms with E-state index in [0.717, 1.165) is 25.9 Å². The average molecular weight is 312 g/mol. The second-order valence-electron chi connectivity index (χ2n) is 5.86. The number of nitrogens with zero attached hydrogens (tertiary/aromatic N) is 2. The quantitative estimate of drug-likeness (QED) is 0.859. The summed E-state index contributed by atoms with van der Waals surface area (Å²) in [5.41, 5.74) is 1.45. The summed E-state index contributed by atoms with van der Waals surface area (Å²) in [6, 6.07) is 6.85. The van der Waals surface area contributed by atoms with E-state index in [1.165, 1.54) is 11.8 Å². The number of fused-ring (bicyclic) bond motifs is 1. The molecule has 1 aliphatic carbocycles. The van der Waals surface area contributed by atoms with Gasteiger partial charge in [0.25, 0.3) is 0 Å². The van der Waals surface area contributed by atoms with E-state index < -0.39 is 0 Å². The van der Waals surface area contributed by atoms with E-state index in [9.17, 15) is 14.4 Å². The Kier molecular flexibility index (Phi) is 4.03. The first-order valence-electron chi connectivity index (χ1n) is 8.02. The molecule has 23 heavy (non-hydrogen) atoms. The molecule has 5 nitrogen and oxygen atoms in total. The van der Waals surface area contributed by atoms with Crippen molar-refractivity contribution in [3.05, 3.63) is 46.8 Å². The molecule has 1 saturated heterocycles. The van der Waals surface area contributed by atoms with Crippen molar-refractivity contribution in [3.8, 4) is 0 Å². The summed E-state index contributed by atoms with van der Waals surface area (Å²) in [6.07, 6.45) is 1.98. The number of Topliss-reactive ketones (excluding diaryl/α,β-unsaturated/α-hetero) is 2. The molecule has 1 aromatic carbocycles. The molecule has 120 valence electrons. The predicted molar refractivity (Wildman–Crippen MR) is 86.0 cm³/mol. The second-order valence-corrected chi connectivity index (χ2v) is 5.86. The van der Waals surface area contributed by atoms with Crippen molar-refractivity contribution in [1.82, 2.24) is 9.80 Å². The lowest BCUT2D eigenvalue weighted by molar-refractivity contribution is -0.126. The largest absolute Gasteiger partial charge is 0.367 e. The normalized spacial score (nSPS) is 17.6. The summed E-state index contributed by atoms with van der Waals surface area (Å²) >= 11 is 0. The van der Waals surface area contributed by atoms with Crippen LogP contribution < -0.4 is 0 Å². The Bertz CT molecular complexity index is 715. The topological polar surface area (TPSA) is 57.7 Å². The van der Waals surface area contributed by atoms with Gasteiger partial charge in [-0.1, -0.05) is 24.3 Å². The SMILES string of the molecule is CCN(C(C)=O)C1=C(N2CCCC2)C(=O)c2ccccc2C1=O. The van der Waals surface area contributed by atoms with E-state index in [2.05, 4.69) is 0 Å². The molecule has 0 bridgehead atoms. The third kappa shape index (κ3) is 2.46. The monoisotopic (exact) mass is 312 g/mol. The molecule has 1 fully saturated rings. The van der Waals surface area contributed by atoms with Crippen LogP contribution in [0.2, 0.25) is 0 Å². The number of ketones is 2. The predicted octanol–water partition coefficient (Wildman–Crippen LogP) is 2.24. The first-order valence-corrected chi connectivity index (χ1v) is 8.02. The van der Waals surface area contributed by atoms with Crippen molar-refractivity contribution in [3.63, 3.8) is 0 Å². The first-order chi connectivity index (χ1) is 11.1. The van der Waals surface area contributed by atoms with Gasteiger partial charge in [0.1, 0.15) is 11.4 Å². The summed E-state index contributed by atoms with van der Waals surface area (Å²) < 4.78 is 0. The number of carbonyl (C=O) groups is 3. The van der Waals surface area contributed by atoms with Gasteiger partial charge in [-0.2, -0.15) is 0 Å². The second kappa shape index (κ2) is 5.99. The number of benzene rings is 1. The molecule has 0 radical (unpaired) electrons. The standard InChI is InChI=1S/C18H20N2O3/c1-3-20(12(2)21)16-15(19-10-6-7-11-19)17(22)13-8-4-5-9-14(13)18(16)23/h4-5,8-9H,3,6-7,10-11H2,1-2H3. The van der Waals surface area contributed by atoms with Crippen molar-refractivity contribution < 1.29 is 14.4 Å². The van der Waals surface area contributed by atoms with Gasteiger partial charge in [0, 0.05) is 37.7 Å². The van der Waals surface area contributed by atoms with E-state index >= 15 is 0 Å². The molecule has 1 aliphatic heterocycles. The number of amides is 1. The van der Waals surface area contributed by atoms with Crippen LogP contribution >= 0.6 is 0 Å². The van der Waals surface area contributed by atoms with Gasteiger partial charge < -0.3 is 9.80 Å². The van der Waals surface area contributed by atoms with Gasteiger partial charge in [-0.15, -0.1) is 0 Å². The van der Waals surface area contributed by atoms with Gasteiger partial charge in [-0.05, 0) is 19.8 Å². The summed E-state index contributed by atoms with van der Waals surface area (Å²) in [5.74, 6) is -0.615. The Morgan fingerprint density at radius 3 is 2.17 bits per heavy atom.